The Morgan fingerprint density at radius 3 is 2.36 bits per heavy atom. The van der Waals surface area contributed by atoms with Gasteiger partial charge in [-0.15, -0.1) is 0 Å². The van der Waals surface area contributed by atoms with Gasteiger partial charge in [0.1, 0.15) is 17.9 Å². The maximum atomic E-state index is 13.4. The molecule has 0 atom stereocenters. The third-order valence-corrected chi connectivity index (χ3v) is 7.76. The summed E-state index contributed by atoms with van der Waals surface area (Å²) in [5, 5.41) is 4.81. The molecule has 0 unspecified atom stereocenters. The van der Waals surface area contributed by atoms with Gasteiger partial charge in [-0.3, -0.25) is 18.9 Å². The van der Waals surface area contributed by atoms with E-state index in [9.17, 15) is 18.4 Å². The van der Waals surface area contributed by atoms with Crippen LogP contribution in [-0.2, 0) is 27.4 Å². The lowest BCUT2D eigenvalue weighted by Crippen LogP contribution is -2.52. The van der Waals surface area contributed by atoms with Crippen LogP contribution in [0.15, 0.2) is 36.8 Å². The van der Waals surface area contributed by atoms with Crippen molar-refractivity contribution in [2.45, 2.75) is 84.9 Å². The number of piperidine rings is 1. The van der Waals surface area contributed by atoms with Gasteiger partial charge >= 0.3 is 12.1 Å². The van der Waals surface area contributed by atoms with E-state index in [0.717, 1.165) is 53.7 Å². The normalized spacial score (nSPS) is 17.7. The van der Waals surface area contributed by atoms with Gasteiger partial charge in [0.05, 0.1) is 19.2 Å². The Hall–Kier alpha value is -3.47. The van der Waals surface area contributed by atoms with Crippen LogP contribution in [0.25, 0.3) is 10.9 Å². The summed E-state index contributed by atoms with van der Waals surface area (Å²) >= 11 is 0. The van der Waals surface area contributed by atoms with Gasteiger partial charge < -0.3 is 14.2 Å². The minimum atomic E-state index is -2.47. The molecule has 42 heavy (non-hydrogen) atoms. The number of carbonyl (C=O) groups is 2. The van der Waals surface area contributed by atoms with E-state index < -0.39 is 17.6 Å². The van der Waals surface area contributed by atoms with E-state index in [2.05, 4.69) is 10.00 Å². The fourth-order valence-corrected chi connectivity index (χ4v) is 5.91. The molecule has 0 radical (unpaired) electrons. The largest absolute Gasteiger partial charge is 0.496 e. The number of halogens is 2. The highest BCUT2D eigenvalue weighted by atomic mass is 19.3. The zero-order valence-corrected chi connectivity index (χ0v) is 25.4. The van der Waals surface area contributed by atoms with Crippen molar-refractivity contribution in [1.29, 1.82) is 0 Å². The van der Waals surface area contributed by atoms with E-state index >= 15 is 0 Å². The molecular weight excluding hydrogens is 546 g/mol. The van der Waals surface area contributed by atoms with Crippen LogP contribution in [0.1, 0.15) is 64.5 Å². The quantitative estimate of drug-likeness (QED) is 0.317. The number of carbonyl (C=O) groups excluding carboxylic acids is 2. The average Bonchev–Trinajstić information content (AvgIpc) is 3.56. The fraction of sp³-hybridized carbons (Fsp3) is 0.581. The Balaban J connectivity index is 0.000000310. The van der Waals surface area contributed by atoms with Crippen molar-refractivity contribution in [3.8, 4) is 5.75 Å². The lowest BCUT2D eigenvalue weighted by Gasteiger charge is -2.51. The van der Waals surface area contributed by atoms with Gasteiger partial charge in [-0.1, -0.05) is 0 Å². The second-order valence-electron chi connectivity index (χ2n) is 12.3. The second-order valence-corrected chi connectivity index (χ2v) is 12.3. The molecule has 5 rings (SSSR count). The number of benzene rings is 1. The van der Waals surface area contributed by atoms with Gasteiger partial charge in [0.15, 0.2) is 0 Å². The van der Waals surface area contributed by atoms with E-state index in [1.165, 1.54) is 4.68 Å². The monoisotopic (exact) mass is 588 g/mol. The molecule has 1 spiro atoms. The molecule has 2 fully saturated rings. The summed E-state index contributed by atoms with van der Waals surface area (Å²) in [6.07, 6.45) is 6.35. The van der Waals surface area contributed by atoms with Gasteiger partial charge in [-0.25, -0.2) is 13.6 Å². The van der Waals surface area contributed by atoms with E-state index in [1.807, 2.05) is 39.8 Å². The third-order valence-electron chi connectivity index (χ3n) is 7.76. The number of methoxy groups -OCH3 is 1. The number of hydrogen-bond donors (Lipinski definition) is 0. The molecule has 0 N–H and O–H groups in total. The van der Waals surface area contributed by atoms with Crippen molar-refractivity contribution >= 4 is 23.0 Å². The number of aryl methyl sites for hydroxylation is 1. The number of aromatic nitrogens is 3. The fourth-order valence-electron chi connectivity index (χ4n) is 5.91. The minimum absolute atomic E-state index is 0.0324. The standard InChI is InChI=1S/C24H32F2N2O3.C7H10N2O2/c1-16-12-19(30-5)18(13-27-10-7-23(8-11-27)14-24(25,26)15-23)17-6-9-28(20(16)17)21(29)31-22(2,3)4;1-2-11-7(10)6-9-5-3-4-8-9/h6,9,12H,7-8,10-11,13-15H2,1-5H3;3-5H,2,6H2,1H3. The molecule has 230 valence electrons. The Bertz CT molecular complexity index is 1380. The molecule has 3 aromatic rings. The molecule has 11 heteroatoms. The zero-order chi connectivity index (χ0) is 30.7. The molecule has 0 amide bonds. The molecule has 1 aliphatic heterocycles. The van der Waals surface area contributed by atoms with E-state index in [0.29, 0.717) is 13.2 Å². The number of ether oxygens (including phenoxy) is 3. The Morgan fingerprint density at radius 2 is 1.81 bits per heavy atom. The number of rotatable bonds is 6. The highest BCUT2D eigenvalue weighted by Gasteiger charge is 2.56. The van der Waals surface area contributed by atoms with Crippen LogP contribution in [0.3, 0.4) is 0 Å². The van der Waals surface area contributed by atoms with Crippen LogP contribution in [0.5, 0.6) is 5.75 Å². The van der Waals surface area contributed by atoms with Crippen molar-refractivity contribution in [3.05, 3.63) is 47.9 Å². The first-order valence-corrected chi connectivity index (χ1v) is 14.4. The smallest absolute Gasteiger partial charge is 0.419 e. The summed E-state index contributed by atoms with van der Waals surface area (Å²) in [6, 6.07) is 5.65. The zero-order valence-electron chi connectivity index (χ0n) is 25.4. The first-order chi connectivity index (χ1) is 19.7. The summed E-state index contributed by atoms with van der Waals surface area (Å²) in [6.45, 7) is 12.1. The molecule has 0 bridgehead atoms. The minimum Gasteiger partial charge on any atom is -0.496 e. The predicted octanol–water partition coefficient (Wildman–Crippen LogP) is 6.20. The number of likely N-dealkylation sites (tertiary alicyclic amines) is 1. The second kappa shape index (κ2) is 12.4. The number of alkyl halides is 2. The number of fused-ring (bicyclic) bond motifs is 1. The van der Waals surface area contributed by atoms with E-state index in [4.69, 9.17) is 14.2 Å². The summed E-state index contributed by atoms with van der Waals surface area (Å²) in [4.78, 5) is 25.9. The first kappa shape index (κ1) is 31.5. The Morgan fingerprint density at radius 1 is 1.12 bits per heavy atom. The molecule has 3 heterocycles. The maximum Gasteiger partial charge on any atom is 0.419 e. The van der Waals surface area contributed by atoms with Crippen LogP contribution in [0, 0.1) is 12.3 Å². The Kier molecular flexibility index (Phi) is 9.30. The maximum absolute atomic E-state index is 13.4. The SMILES string of the molecule is CCOC(=O)Cn1cccn1.COc1cc(C)c2c(ccn2C(=O)OC(C)(C)C)c1CN1CCC2(CC1)CC(F)(F)C2. The predicted molar refractivity (Wildman–Crippen MR) is 155 cm³/mol. The highest BCUT2D eigenvalue weighted by molar-refractivity contribution is 5.95. The highest BCUT2D eigenvalue weighted by Crippen LogP contribution is 2.57. The number of hydrogen-bond acceptors (Lipinski definition) is 7. The van der Waals surface area contributed by atoms with Crippen molar-refractivity contribution in [2.75, 3.05) is 26.8 Å². The summed E-state index contributed by atoms with van der Waals surface area (Å²) < 4.78 is 45.9. The summed E-state index contributed by atoms with van der Waals surface area (Å²) in [7, 11) is 1.65. The van der Waals surface area contributed by atoms with E-state index in [-0.39, 0.29) is 30.8 Å². The Labute approximate surface area is 245 Å². The molecule has 2 aromatic heterocycles. The summed E-state index contributed by atoms with van der Waals surface area (Å²) in [5.41, 5.74) is 2.00. The molecule has 1 aliphatic carbocycles. The lowest BCUT2D eigenvalue weighted by molar-refractivity contribution is -0.178. The van der Waals surface area contributed by atoms with Crippen molar-refractivity contribution < 1.29 is 32.6 Å². The van der Waals surface area contributed by atoms with Crippen molar-refractivity contribution in [1.82, 2.24) is 19.2 Å². The topological polar surface area (TPSA) is 87.8 Å². The lowest BCUT2D eigenvalue weighted by atomic mass is 9.61. The summed E-state index contributed by atoms with van der Waals surface area (Å²) in [5.74, 6) is -1.95. The van der Waals surface area contributed by atoms with Crippen molar-refractivity contribution in [2.24, 2.45) is 5.41 Å². The molecular formula is C31H42F2N4O5. The molecule has 1 aromatic carbocycles. The number of esters is 1. The molecule has 1 saturated heterocycles. The van der Waals surface area contributed by atoms with Crippen LogP contribution >= 0.6 is 0 Å². The molecule has 9 nitrogen and oxygen atoms in total. The third kappa shape index (κ3) is 7.48. The van der Waals surface area contributed by atoms with Gasteiger partial charge in [-0.2, -0.15) is 5.10 Å². The van der Waals surface area contributed by atoms with Crippen LogP contribution in [0.2, 0.25) is 0 Å². The molecule has 2 aliphatic rings. The van der Waals surface area contributed by atoms with Gasteiger partial charge in [0.25, 0.3) is 0 Å². The van der Waals surface area contributed by atoms with Crippen LogP contribution in [-0.4, -0.2) is 69.6 Å². The van der Waals surface area contributed by atoms with Crippen LogP contribution in [0.4, 0.5) is 13.6 Å². The van der Waals surface area contributed by atoms with Gasteiger partial charge in [-0.05, 0) is 89.7 Å². The first-order valence-electron chi connectivity index (χ1n) is 14.4. The molecule has 1 saturated carbocycles. The van der Waals surface area contributed by atoms with Crippen LogP contribution < -0.4 is 4.74 Å². The average molecular weight is 589 g/mol. The number of nitrogens with zero attached hydrogens (tertiary/aromatic N) is 4. The van der Waals surface area contributed by atoms with E-state index in [1.54, 1.807) is 43.3 Å². The van der Waals surface area contributed by atoms with Gasteiger partial charge in [0.2, 0.25) is 5.92 Å². The van der Waals surface area contributed by atoms with Crippen molar-refractivity contribution in [3.63, 3.8) is 0 Å². The van der Waals surface area contributed by atoms with Gasteiger partial charge in [0, 0.05) is 48.9 Å².